The van der Waals surface area contributed by atoms with Crippen molar-refractivity contribution >= 4 is 11.5 Å². The van der Waals surface area contributed by atoms with Crippen molar-refractivity contribution in [2.75, 3.05) is 18.5 Å². The molecule has 0 aromatic heterocycles. The summed E-state index contributed by atoms with van der Waals surface area (Å²) in [5, 5.41) is 10.2. The minimum Gasteiger partial charge on any atom is -0.507 e. The van der Waals surface area contributed by atoms with Gasteiger partial charge >= 0.3 is 0 Å². The molecule has 1 unspecified atom stereocenters. The molecule has 2 rings (SSSR count). The van der Waals surface area contributed by atoms with E-state index >= 15 is 0 Å². The van der Waals surface area contributed by atoms with Gasteiger partial charge in [-0.3, -0.25) is 4.79 Å². The quantitative estimate of drug-likeness (QED) is 0.757. The van der Waals surface area contributed by atoms with Gasteiger partial charge in [0.25, 0.3) is 0 Å². The van der Waals surface area contributed by atoms with Crippen LogP contribution < -0.4 is 10.6 Å². The van der Waals surface area contributed by atoms with Crippen LogP contribution in [0, 0.1) is 0 Å². The van der Waals surface area contributed by atoms with E-state index in [4.69, 9.17) is 5.73 Å². The number of ketones is 1. The third-order valence-corrected chi connectivity index (χ3v) is 3.27. The van der Waals surface area contributed by atoms with Gasteiger partial charge in [0, 0.05) is 24.8 Å². The van der Waals surface area contributed by atoms with Gasteiger partial charge in [0.05, 0.1) is 11.6 Å². The van der Waals surface area contributed by atoms with Crippen LogP contribution in [0.2, 0.25) is 0 Å². The van der Waals surface area contributed by atoms with Gasteiger partial charge in [-0.2, -0.15) is 0 Å². The number of nitrogens with two attached hydrogens (primary N) is 1. The number of hydrogen-bond acceptors (Lipinski definition) is 4. The number of carbonyl (C=O) groups is 1. The van der Waals surface area contributed by atoms with Crippen LogP contribution in [-0.4, -0.2) is 30.5 Å². The molecular formula is C13H18N2O2. The lowest BCUT2D eigenvalue weighted by atomic mass is 9.95. The summed E-state index contributed by atoms with van der Waals surface area (Å²) < 4.78 is 0. The molecule has 0 saturated carbocycles. The van der Waals surface area contributed by atoms with Gasteiger partial charge in [0.2, 0.25) is 0 Å². The summed E-state index contributed by atoms with van der Waals surface area (Å²) >= 11 is 0. The standard InChI is InChI=1S/C13H18N2O2/c1-8(14)12(16)10-5-6-11-9(13(10)17)4-3-7-15(11)2/h5-6,8,17H,3-4,7,14H2,1-2H3. The number of Topliss-reactive ketones (excluding diaryl/α,β-unsaturated/α-hetero) is 1. The molecule has 1 aliphatic rings. The minimum atomic E-state index is -0.583. The van der Waals surface area contributed by atoms with E-state index in [1.807, 2.05) is 13.1 Å². The summed E-state index contributed by atoms with van der Waals surface area (Å²) in [5.74, 6) is -0.102. The molecule has 0 fully saturated rings. The first-order valence-corrected chi connectivity index (χ1v) is 5.88. The van der Waals surface area contributed by atoms with Crippen LogP contribution in [0.3, 0.4) is 0 Å². The van der Waals surface area contributed by atoms with Gasteiger partial charge in [-0.1, -0.05) is 0 Å². The number of aromatic hydroxyl groups is 1. The highest BCUT2D eigenvalue weighted by molar-refractivity contribution is 6.02. The molecule has 1 aromatic carbocycles. The van der Waals surface area contributed by atoms with Crippen molar-refractivity contribution in [2.45, 2.75) is 25.8 Å². The zero-order chi connectivity index (χ0) is 12.6. The molecule has 4 heteroatoms. The van der Waals surface area contributed by atoms with Crippen molar-refractivity contribution < 1.29 is 9.90 Å². The Labute approximate surface area is 101 Å². The lowest BCUT2D eigenvalue weighted by Gasteiger charge is -2.28. The van der Waals surface area contributed by atoms with E-state index in [0.717, 1.165) is 30.6 Å². The Kier molecular flexibility index (Phi) is 3.07. The van der Waals surface area contributed by atoms with Crippen molar-refractivity contribution in [3.05, 3.63) is 23.3 Å². The second-order valence-electron chi connectivity index (χ2n) is 4.64. The average Bonchev–Trinajstić information content (AvgIpc) is 2.30. The van der Waals surface area contributed by atoms with Crippen LogP contribution >= 0.6 is 0 Å². The van der Waals surface area contributed by atoms with Crippen molar-refractivity contribution in [2.24, 2.45) is 5.73 Å². The third-order valence-electron chi connectivity index (χ3n) is 3.27. The fourth-order valence-corrected chi connectivity index (χ4v) is 2.29. The summed E-state index contributed by atoms with van der Waals surface area (Å²) in [6.45, 7) is 2.61. The molecule has 0 aliphatic carbocycles. The Morgan fingerprint density at radius 2 is 2.24 bits per heavy atom. The largest absolute Gasteiger partial charge is 0.507 e. The Balaban J connectivity index is 2.49. The molecule has 0 spiro atoms. The maximum absolute atomic E-state index is 11.8. The highest BCUT2D eigenvalue weighted by atomic mass is 16.3. The first kappa shape index (κ1) is 11.9. The summed E-state index contributed by atoms with van der Waals surface area (Å²) in [6.07, 6.45) is 1.80. The summed E-state index contributed by atoms with van der Waals surface area (Å²) in [7, 11) is 1.99. The van der Waals surface area contributed by atoms with E-state index in [9.17, 15) is 9.90 Å². The molecule has 92 valence electrons. The molecule has 0 saturated heterocycles. The molecule has 1 heterocycles. The highest BCUT2D eigenvalue weighted by Gasteiger charge is 2.23. The minimum absolute atomic E-state index is 0.108. The summed E-state index contributed by atoms with van der Waals surface area (Å²) in [5.41, 5.74) is 7.79. The number of benzene rings is 1. The lowest BCUT2D eigenvalue weighted by Crippen LogP contribution is -2.28. The highest BCUT2D eigenvalue weighted by Crippen LogP contribution is 2.35. The molecule has 1 aromatic rings. The number of carbonyl (C=O) groups excluding carboxylic acids is 1. The van der Waals surface area contributed by atoms with Gasteiger partial charge in [0.15, 0.2) is 5.78 Å². The Bertz CT molecular complexity index is 455. The third kappa shape index (κ3) is 2.00. The monoisotopic (exact) mass is 234 g/mol. The van der Waals surface area contributed by atoms with Gasteiger partial charge in [0.1, 0.15) is 5.75 Å². The molecule has 1 aliphatic heterocycles. The number of phenols is 1. The maximum atomic E-state index is 11.8. The molecule has 3 N–H and O–H groups in total. The predicted octanol–water partition coefficient (Wildman–Crippen LogP) is 1.30. The second kappa shape index (κ2) is 4.37. The molecular weight excluding hydrogens is 216 g/mol. The van der Waals surface area contributed by atoms with E-state index in [1.54, 1.807) is 13.0 Å². The van der Waals surface area contributed by atoms with Crippen LogP contribution in [0.25, 0.3) is 0 Å². The van der Waals surface area contributed by atoms with Crippen LogP contribution in [-0.2, 0) is 6.42 Å². The number of nitrogens with zero attached hydrogens (tertiary/aromatic N) is 1. The molecule has 4 nitrogen and oxygen atoms in total. The predicted molar refractivity (Wildman–Crippen MR) is 67.7 cm³/mol. The summed E-state index contributed by atoms with van der Waals surface area (Å²) in [4.78, 5) is 13.9. The van der Waals surface area contributed by atoms with Gasteiger partial charge in [-0.25, -0.2) is 0 Å². The number of fused-ring (bicyclic) bond motifs is 1. The van der Waals surface area contributed by atoms with Crippen molar-refractivity contribution in [1.29, 1.82) is 0 Å². The van der Waals surface area contributed by atoms with E-state index in [2.05, 4.69) is 4.90 Å². The van der Waals surface area contributed by atoms with Gasteiger partial charge in [-0.05, 0) is 31.9 Å². The molecule has 1 atom stereocenters. The normalized spacial score (nSPS) is 16.5. The first-order chi connectivity index (χ1) is 8.02. The molecule has 0 radical (unpaired) electrons. The topological polar surface area (TPSA) is 66.6 Å². The molecule has 17 heavy (non-hydrogen) atoms. The Morgan fingerprint density at radius 1 is 1.53 bits per heavy atom. The number of phenolic OH excluding ortho intramolecular Hbond substituents is 1. The van der Waals surface area contributed by atoms with E-state index < -0.39 is 6.04 Å². The fourth-order valence-electron chi connectivity index (χ4n) is 2.29. The Morgan fingerprint density at radius 3 is 2.88 bits per heavy atom. The zero-order valence-electron chi connectivity index (χ0n) is 10.2. The number of anilines is 1. The van der Waals surface area contributed by atoms with Crippen LogP contribution in [0.1, 0.15) is 29.3 Å². The number of rotatable bonds is 2. The Hall–Kier alpha value is -1.55. The van der Waals surface area contributed by atoms with Crippen molar-refractivity contribution in [3.63, 3.8) is 0 Å². The van der Waals surface area contributed by atoms with Crippen molar-refractivity contribution in [1.82, 2.24) is 0 Å². The first-order valence-electron chi connectivity index (χ1n) is 5.88. The fraction of sp³-hybridized carbons (Fsp3) is 0.462. The molecule has 0 bridgehead atoms. The van der Waals surface area contributed by atoms with Crippen molar-refractivity contribution in [3.8, 4) is 5.75 Å². The summed E-state index contributed by atoms with van der Waals surface area (Å²) in [6, 6.07) is 2.98. The van der Waals surface area contributed by atoms with E-state index in [0.29, 0.717) is 5.56 Å². The second-order valence-corrected chi connectivity index (χ2v) is 4.64. The SMILES string of the molecule is CC(N)C(=O)c1ccc2c(c1O)CCCN2C. The molecule has 0 amide bonds. The van der Waals surface area contributed by atoms with Gasteiger partial charge in [-0.15, -0.1) is 0 Å². The zero-order valence-corrected chi connectivity index (χ0v) is 10.2. The van der Waals surface area contributed by atoms with Gasteiger partial charge < -0.3 is 15.7 Å². The average molecular weight is 234 g/mol. The maximum Gasteiger partial charge on any atom is 0.182 e. The van der Waals surface area contributed by atoms with Crippen LogP contribution in [0.5, 0.6) is 5.75 Å². The van der Waals surface area contributed by atoms with E-state index in [-0.39, 0.29) is 11.5 Å². The van der Waals surface area contributed by atoms with Crippen LogP contribution in [0.4, 0.5) is 5.69 Å². The van der Waals surface area contributed by atoms with Crippen LogP contribution in [0.15, 0.2) is 12.1 Å². The number of hydrogen-bond donors (Lipinski definition) is 2. The van der Waals surface area contributed by atoms with E-state index in [1.165, 1.54) is 0 Å². The lowest BCUT2D eigenvalue weighted by molar-refractivity contribution is 0.0965. The smallest absolute Gasteiger partial charge is 0.182 e.